The number of amides is 1. The van der Waals surface area contributed by atoms with E-state index in [-0.39, 0.29) is 5.91 Å². The standard InChI is InChI=1S/C11H11ClN4O/c1-16-7-10(14-15-16)11(17)13-6-8-4-2-3-5-9(8)12/h2-5,7H,6H2,1H3,(H,13,17). The van der Waals surface area contributed by atoms with Crippen LogP contribution >= 0.6 is 11.6 Å². The van der Waals surface area contributed by atoms with Gasteiger partial charge in [0.1, 0.15) is 0 Å². The smallest absolute Gasteiger partial charge is 0.273 e. The SMILES string of the molecule is Cn1cc(C(=O)NCc2ccccc2Cl)nn1. The number of carbonyl (C=O) groups excluding carboxylic acids is 1. The minimum Gasteiger partial charge on any atom is -0.346 e. The van der Waals surface area contributed by atoms with Crippen LogP contribution in [0.15, 0.2) is 30.5 Å². The van der Waals surface area contributed by atoms with E-state index in [1.54, 1.807) is 19.3 Å². The Hall–Kier alpha value is -1.88. The Morgan fingerprint density at radius 3 is 2.88 bits per heavy atom. The largest absolute Gasteiger partial charge is 0.346 e. The fourth-order valence-electron chi connectivity index (χ4n) is 1.36. The highest BCUT2D eigenvalue weighted by Gasteiger charge is 2.09. The molecule has 6 heteroatoms. The Morgan fingerprint density at radius 2 is 2.24 bits per heavy atom. The van der Waals surface area contributed by atoms with Gasteiger partial charge in [-0.2, -0.15) is 0 Å². The minimum absolute atomic E-state index is 0.266. The maximum atomic E-state index is 11.7. The summed E-state index contributed by atoms with van der Waals surface area (Å²) in [4.78, 5) is 11.7. The van der Waals surface area contributed by atoms with Gasteiger partial charge in [0.25, 0.3) is 5.91 Å². The second-order valence-electron chi connectivity index (χ2n) is 3.55. The maximum Gasteiger partial charge on any atom is 0.273 e. The van der Waals surface area contributed by atoms with Crippen LogP contribution in [0.1, 0.15) is 16.1 Å². The van der Waals surface area contributed by atoms with Crippen molar-refractivity contribution in [2.24, 2.45) is 7.05 Å². The average Bonchev–Trinajstić information content (AvgIpc) is 2.74. The van der Waals surface area contributed by atoms with E-state index in [0.717, 1.165) is 5.56 Å². The van der Waals surface area contributed by atoms with Crippen molar-refractivity contribution in [1.82, 2.24) is 20.3 Å². The van der Waals surface area contributed by atoms with Crippen LogP contribution in [0.5, 0.6) is 0 Å². The summed E-state index contributed by atoms with van der Waals surface area (Å²) in [5, 5.41) is 10.8. The number of nitrogens with one attached hydrogen (secondary N) is 1. The third-order valence-corrected chi connectivity index (χ3v) is 2.60. The number of rotatable bonds is 3. The third-order valence-electron chi connectivity index (χ3n) is 2.23. The van der Waals surface area contributed by atoms with Gasteiger partial charge in [0.05, 0.1) is 6.20 Å². The molecule has 1 N–H and O–H groups in total. The molecule has 0 unspecified atom stereocenters. The van der Waals surface area contributed by atoms with Gasteiger partial charge < -0.3 is 5.32 Å². The molecular weight excluding hydrogens is 240 g/mol. The van der Waals surface area contributed by atoms with Crippen LogP contribution in [-0.2, 0) is 13.6 Å². The summed E-state index contributed by atoms with van der Waals surface area (Å²) in [6, 6.07) is 7.36. The summed E-state index contributed by atoms with van der Waals surface area (Å²) in [6.45, 7) is 0.370. The second kappa shape index (κ2) is 4.97. The van der Waals surface area contributed by atoms with Gasteiger partial charge in [0.2, 0.25) is 0 Å². The number of hydrogen-bond acceptors (Lipinski definition) is 3. The molecule has 1 aromatic heterocycles. The molecule has 1 heterocycles. The van der Waals surface area contributed by atoms with Gasteiger partial charge in [-0.15, -0.1) is 5.10 Å². The van der Waals surface area contributed by atoms with Crippen molar-refractivity contribution in [3.8, 4) is 0 Å². The highest BCUT2D eigenvalue weighted by Crippen LogP contribution is 2.14. The first-order valence-electron chi connectivity index (χ1n) is 5.05. The quantitative estimate of drug-likeness (QED) is 0.896. The van der Waals surface area contributed by atoms with Gasteiger partial charge in [-0.1, -0.05) is 35.0 Å². The molecule has 0 aliphatic carbocycles. The van der Waals surface area contributed by atoms with Gasteiger partial charge in [-0.25, -0.2) is 0 Å². The minimum atomic E-state index is -0.266. The fourth-order valence-corrected chi connectivity index (χ4v) is 1.56. The Morgan fingerprint density at radius 1 is 1.47 bits per heavy atom. The lowest BCUT2D eigenvalue weighted by Crippen LogP contribution is -2.23. The number of aryl methyl sites for hydroxylation is 1. The lowest BCUT2D eigenvalue weighted by Gasteiger charge is -2.04. The molecule has 0 bridgehead atoms. The Kier molecular flexibility index (Phi) is 3.39. The first-order chi connectivity index (χ1) is 8.16. The summed E-state index contributed by atoms with van der Waals surface area (Å²) in [5.74, 6) is -0.266. The normalized spacial score (nSPS) is 10.2. The molecule has 0 aliphatic heterocycles. The molecule has 17 heavy (non-hydrogen) atoms. The number of aromatic nitrogens is 3. The fraction of sp³-hybridized carbons (Fsp3) is 0.182. The first-order valence-corrected chi connectivity index (χ1v) is 5.42. The van der Waals surface area contributed by atoms with Crippen LogP contribution in [0.3, 0.4) is 0 Å². The van der Waals surface area contributed by atoms with Crippen LogP contribution in [0.4, 0.5) is 0 Å². The molecule has 0 atom stereocenters. The van der Waals surface area contributed by atoms with Gasteiger partial charge in [-0.05, 0) is 11.6 Å². The van der Waals surface area contributed by atoms with E-state index in [1.165, 1.54) is 4.68 Å². The molecule has 0 spiro atoms. The van der Waals surface area contributed by atoms with Crippen molar-refractivity contribution in [3.05, 3.63) is 46.7 Å². The molecule has 5 nitrogen and oxygen atoms in total. The summed E-state index contributed by atoms with van der Waals surface area (Å²) < 4.78 is 1.48. The highest BCUT2D eigenvalue weighted by atomic mass is 35.5. The zero-order chi connectivity index (χ0) is 12.3. The second-order valence-corrected chi connectivity index (χ2v) is 3.96. The highest BCUT2D eigenvalue weighted by molar-refractivity contribution is 6.31. The van der Waals surface area contributed by atoms with Crippen molar-refractivity contribution in [1.29, 1.82) is 0 Å². The summed E-state index contributed by atoms with van der Waals surface area (Å²) in [5.41, 5.74) is 1.16. The monoisotopic (exact) mass is 250 g/mol. The van der Waals surface area contributed by atoms with E-state index >= 15 is 0 Å². The van der Waals surface area contributed by atoms with Crippen LogP contribution in [0, 0.1) is 0 Å². The van der Waals surface area contributed by atoms with Crippen LogP contribution < -0.4 is 5.32 Å². The molecule has 0 aliphatic rings. The van der Waals surface area contributed by atoms with E-state index in [1.807, 2.05) is 18.2 Å². The van der Waals surface area contributed by atoms with Crippen molar-refractivity contribution in [2.45, 2.75) is 6.54 Å². The zero-order valence-corrected chi connectivity index (χ0v) is 9.98. The van der Waals surface area contributed by atoms with Gasteiger partial charge >= 0.3 is 0 Å². The molecule has 1 aromatic carbocycles. The molecular formula is C11H11ClN4O. The zero-order valence-electron chi connectivity index (χ0n) is 9.22. The van der Waals surface area contributed by atoms with Gasteiger partial charge in [-0.3, -0.25) is 9.48 Å². The van der Waals surface area contributed by atoms with E-state index in [2.05, 4.69) is 15.6 Å². The molecule has 1 amide bonds. The molecule has 0 saturated heterocycles. The number of halogens is 1. The van der Waals surface area contributed by atoms with E-state index in [0.29, 0.717) is 17.3 Å². The lowest BCUT2D eigenvalue weighted by atomic mass is 10.2. The van der Waals surface area contributed by atoms with Crippen molar-refractivity contribution in [3.63, 3.8) is 0 Å². The number of benzene rings is 1. The van der Waals surface area contributed by atoms with E-state index < -0.39 is 0 Å². The predicted molar refractivity (Wildman–Crippen MR) is 63.6 cm³/mol. The van der Waals surface area contributed by atoms with Crippen molar-refractivity contribution >= 4 is 17.5 Å². The van der Waals surface area contributed by atoms with Crippen LogP contribution in [0.25, 0.3) is 0 Å². The molecule has 0 radical (unpaired) electrons. The molecule has 88 valence electrons. The summed E-state index contributed by atoms with van der Waals surface area (Å²) in [7, 11) is 1.71. The third kappa shape index (κ3) is 2.82. The molecule has 0 saturated carbocycles. The molecule has 0 fully saturated rings. The summed E-state index contributed by atoms with van der Waals surface area (Å²) in [6.07, 6.45) is 1.56. The van der Waals surface area contributed by atoms with Gasteiger partial charge in [0.15, 0.2) is 5.69 Å². The predicted octanol–water partition coefficient (Wildman–Crippen LogP) is 1.40. The molecule has 2 aromatic rings. The van der Waals surface area contributed by atoms with Crippen molar-refractivity contribution < 1.29 is 4.79 Å². The maximum absolute atomic E-state index is 11.7. The van der Waals surface area contributed by atoms with Gasteiger partial charge in [0, 0.05) is 18.6 Å². The summed E-state index contributed by atoms with van der Waals surface area (Å²) >= 11 is 5.97. The Balaban J connectivity index is 1.99. The van der Waals surface area contributed by atoms with Crippen LogP contribution in [0.2, 0.25) is 5.02 Å². The number of nitrogens with zero attached hydrogens (tertiary/aromatic N) is 3. The first kappa shape index (κ1) is 11.6. The topological polar surface area (TPSA) is 59.8 Å². The average molecular weight is 251 g/mol. The lowest BCUT2D eigenvalue weighted by molar-refractivity contribution is 0.0946. The van der Waals surface area contributed by atoms with Crippen LogP contribution in [-0.4, -0.2) is 20.9 Å². The number of hydrogen-bond donors (Lipinski definition) is 1. The van der Waals surface area contributed by atoms with Crippen molar-refractivity contribution in [2.75, 3.05) is 0 Å². The van der Waals surface area contributed by atoms with E-state index in [4.69, 9.17) is 11.6 Å². The molecule has 2 rings (SSSR count). The Bertz CT molecular complexity index is 538. The van der Waals surface area contributed by atoms with E-state index in [9.17, 15) is 4.79 Å². The number of carbonyl (C=O) groups is 1. The Labute approximate surface area is 103 Å².